The van der Waals surface area contributed by atoms with E-state index in [0.29, 0.717) is 6.08 Å². The molecule has 0 fully saturated rings. The summed E-state index contributed by atoms with van der Waals surface area (Å²) in [6, 6.07) is -1.92. The summed E-state index contributed by atoms with van der Waals surface area (Å²) in [5, 5.41) is 42.1. The Balaban J connectivity index is 3.06. The molecule has 13 heteroatoms. The summed E-state index contributed by atoms with van der Waals surface area (Å²) in [5.41, 5.74) is 0. The van der Waals surface area contributed by atoms with E-state index in [1.165, 1.54) is 5.32 Å². The summed E-state index contributed by atoms with van der Waals surface area (Å²) in [6.45, 7) is 0.552. The van der Waals surface area contributed by atoms with Crippen molar-refractivity contribution >= 4 is 17.8 Å². The minimum absolute atomic E-state index is 0.535. The van der Waals surface area contributed by atoms with Gasteiger partial charge in [0.05, 0.1) is 6.04 Å². The number of carbonyl (C=O) groups excluding carboxylic acids is 2. The van der Waals surface area contributed by atoms with Crippen LogP contribution in [0.5, 0.6) is 0 Å². The van der Waals surface area contributed by atoms with E-state index in [4.69, 9.17) is 9.84 Å². The van der Waals surface area contributed by atoms with E-state index in [9.17, 15) is 42.9 Å². The number of amides is 2. The molecule has 148 valence electrons. The van der Waals surface area contributed by atoms with Crippen molar-refractivity contribution < 1.29 is 52.7 Å². The summed E-state index contributed by atoms with van der Waals surface area (Å²) in [6.07, 6.45) is -12.6. The molecule has 0 saturated heterocycles. The number of nitrogens with one attached hydrogen (secondary N) is 2. The fourth-order valence-corrected chi connectivity index (χ4v) is 2.10. The van der Waals surface area contributed by atoms with Gasteiger partial charge < -0.3 is 35.8 Å². The molecule has 0 unspecified atom stereocenters. The first-order chi connectivity index (χ1) is 11.8. The zero-order chi connectivity index (χ0) is 20.2. The average molecular weight is 386 g/mol. The van der Waals surface area contributed by atoms with Crippen LogP contribution in [0.4, 0.5) is 13.2 Å². The molecule has 1 aliphatic heterocycles. The molecular formula is C13H17F3N2O8. The predicted octanol–water partition coefficient (Wildman–Crippen LogP) is -2.38. The van der Waals surface area contributed by atoms with Crippen molar-refractivity contribution in [1.29, 1.82) is 0 Å². The Bertz CT molecular complexity index is 594. The van der Waals surface area contributed by atoms with Gasteiger partial charge in [0.1, 0.15) is 18.3 Å². The summed E-state index contributed by atoms with van der Waals surface area (Å²) in [5.74, 6) is -5.65. The number of carboxylic acid groups (broad SMARTS) is 1. The molecule has 2 amide bonds. The fraction of sp³-hybridized carbons (Fsp3) is 0.615. The lowest BCUT2D eigenvalue weighted by atomic mass is 9.93. The van der Waals surface area contributed by atoms with Gasteiger partial charge in [-0.2, -0.15) is 13.2 Å². The fourth-order valence-electron chi connectivity index (χ4n) is 2.10. The number of aliphatic hydroxyl groups is 3. The van der Waals surface area contributed by atoms with Gasteiger partial charge >= 0.3 is 18.1 Å². The Morgan fingerprint density at radius 2 is 1.88 bits per heavy atom. The maximum Gasteiger partial charge on any atom is 0.471 e. The van der Waals surface area contributed by atoms with Crippen molar-refractivity contribution in [3.05, 3.63) is 11.8 Å². The number of hydrogen-bond donors (Lipinski definition) is 6. The van der Waals surface area contributed by atoms with Gasteiger partial charge in [-0.25, -0.2) is 4.79 Å². The van der Waals surface area contributed by atoms with Gasteiger partial charge in [0.15, 0.2) is 6.10 Å². The summed E-state index contributed by atoms with van der Waals surface area (Å²) >= 11 is 0. The van der Waals surface area contributed by atoms with E-state index in [-0.39, 0.29) is 0 Å². The maximum absolute atomic E-state index is 12.4. The van der Waals surface area contributed by atoms with Crippen molar-refractivity contribution in [3.8, 4) is 0 Å². The van der Waals surface area contributed by atoms with Crippen LogP contribution >= 0.6 is 0 Å². The van der Waals surface area contributed by atoms with E-state index in [0.717, 1.165) is 6.92 Å². The molecule has 26 heavy (non-hydrogen) atoms. The van der Waals surface area contributed by atoms with Crippen LogP contribution in [-0.4, -0.2) is 81.4 Å². The number of ether oxygens (including phenoxy) is 1. The normalized spacial score (nSPS) is 25.3. The number of hydrogen-bond acceptors (Lipinski definition) is 7. The molecule has 0 aromatic heterocycles. The lowest BCUT2D eigenvalue weighted by Crippen LogP contribution is -2.62. The van der Waals surface area contributed by atoms with Crippen molar-refractivity contribution in [3.63, 3.8) is 0 Å². The first-order valence-corrected chi connectivity index (χ1v) is 7.12. The van der Waals surface area contributed by atoms with E-state index in [2.05, 4.69) is 5.32 Å². The standard InChI is InChI=1S/C13H17F3N2O8/c1-4(19)17-3-6(21)9(22)10-8(18-12(25)13(14,15)16)5(20)2-7(26-10)11(23)24/h2,5-6,8-10,20-22H,3H2,1H3,(H,17,19)(H,18,25)(H,23,24)/t5-,6+,8+,9+,10+/m0/s1. The minimum Gasteiger partial charge on any atom is -0.478 e. The Morgan fingerprint density at radius 3 is 2.35 bits per heavy atom. The largest absolute Gasteiger partial charge is 0.478 e. The van der Waals surface area contributed by atoms with E-state index in [1.54, 1.807) is 0 Å². The first kappa shape index (κ1) is 21.7. The van der Waals surface area contributed by atoms with Crippen LogP contribution in [0.1, 0.15) is 6.92 Å². The van der Waals surface area contributed by atoms with Gasteiger partial charge in [-0.1, -0.05) is 0 Å². The third kappa shape index (κ3) is 5.57. The molecule has 10 nitrogen and oxygen atoms in total. The Morgan fingerprint density at radius 1 is 1.31 bits per heavy atom. The number of carbonyl (C=O) groups is 3. The quantitative estimate of drug-likeness (QED) is 0.294. The van der Waals surface area contributed by atoms with E-state index >= 15 is 0 Å². The SMILES string of the molecule is CC(=O)NC[C@@H](O)[C@@H](O)[C@@H]1OC(C(=O)O)=C[C@H](O)[C@H]1NC(=O)C(F)(F)F. The molecule has 0 aromatic carbocycles. The molecule has 6 N–H and O–H groups in total. The van der Waals surface area contributed by atoms with Gasteiger partial charge in [0, 0.05) is 13.5 Å². The van der Waals surface area contributed by atoms with Gasteiger partial charge in [-0.15, -0.1) is 0 Å². The Kier molecular flexibility index (Phi) is 6.94. The third-order valence-corrected chi connectivity index (χ3v) is 3.36. The van der Waals surface area contributed by atoms with Crippen LogP contribution in [0.25, 0.3) is 0 Å². The molecule has 0 bridgehead atoms. The van der Waals surface area contributed by atoms with Gasteiger partial charge in [-0.05, 0) is 6.08 Å². The molecule has 1 heterocycles. The number of carboxylic acids is 1. The van der Waals surface area contributed by atoms with E-state index in [1.807, 2.05) is 0 Å². The molecule has 0 spiro atoms. The van der Waals surface area contributed by atoms with Gasteiger partial charge in [-0.3, -0.25) is 9.59 Å². The molecule has 0 radical (unpaired) electrons. The average Bonchev–Trinajstić information content (AvgIpc) is 2.52. The highest BCUT2D eigenvalue weighted by Crippen LogP contribution is 2.24. The highest BCUT2D eigenvalue weighted by Gasteiger charge is 2.47. The van der Waals surface area contributed by atoms with Crippen molar-refractivity contribution in [2.75, 3.05) is 6.54 Å². The monoisotopic (exact) mass is 386 g/mol. The molecule has 0 aliphatic carbocycles. The second-order valence-electron chi connectivity index (χ2n) is 5.40. The zero-order valence-corrected chi connectivity index (χ0v) is 13.2. The van der Waals surface area contributed by atoms with Crippen LogP contribution in [0, 0.1) is 0 Å². The van der Waals surface area contributed by atoms with Crippen LogP contribution in [-0.2, 0) is 19.1 Å². The number of halogens is 3. The predicted molar refractivity (Wildman–Crippen MR) is 75.3 cm³/mol. The molecule has 5 atom stereocenters. The first-order valence-electron chi connectivity index (χ1n) is 7.12. The summed E-state index contributed by atoms with van der Waals surface area (Å²) in [4.78, 5) is 32.9. The van der Waals surface area contributed by atoms with Crippen molar-refractivity contribution in [1.82, 2.24) is 10.6 Å². The molecular weight excluding hydrogens is 369 g/mol. The maximum atomic E-state index is 12.4. The zero-order valence-electron chi connectivity index (χ0n) is 13.2. The topological polar surface area (TPSA) is 165 Å². The molecule has 1 aliphatic rings. The van der Waals surface area contributed by atoms with Crippen molar-refractivity contribution in [2.45, 2.75) is 43.6 Å². The Labute approximate surface area is 144 Å². The van der Waals surface area contributed by atoms with Crippen LogP contribution < -0.4 is 10.6 Å². The number of alkyl halides is 3. The van der Waals surface area contributed by atoms with Gasteiger partial charge in [0.2, 0.25) is 11.7 Å². The smallest absolute Gasteiger partial charge is 0.471 e. The van der Waals surface area contributed by atoms with Gasteiger partial charge in [0.25, 0.3) is 0 Å². The summed E-state index contributed by atoms with van der Waals surface area (Å²) in [7, 11) is 0. The number of aliphatic hydroxyl groups excluding tert-OH is 3. The van der Waals surface area contributed by atoms with Crippen molar-refractivity contribution in [2.24, 2.45) is 0 Å². The lowest BCUT2D eigenvalue weighted by molar-refractivity contribution is -0.178. The van der Waals surface area contributed by atoms with Crippen LogP contribution in [0.3, 0.4) is 0 Å². The Hall–Kier alpha value is -2.38. The molecule has 1 rings (SSSR count). The number of aliphatic carboxylic acids is 1. The third-order valence-electron chi connectivity index (χ3n) is 3.36. The molecule has 0 aromatic rings. The van der Waals surface area contributed by atoms with Crippen LogP contribution in [0.15, 0.2) is 11.8 Å². The summed E-state index contributed by atoms with van der Waals surface area (Å²) < 4.78 is 42.1. The number of rotatable bonds is 6. The highest BCUT2D eigenvalue weighted by molar-refractivity contribution is 5.85. The lowest BCUT2D eigenvalue weighted by Gasteiger charge is -2.38. The second kappa shape index (κ2) is 8.33. The molecule has 0 saturated carbocycles. The van der Waals surface area contributed by atoms with Crippen LogP contribution in [0.2, 0.25) is 0 Å². The van der Waals surface area contributed by atoms with E-state index < -0.39 is 66.7 Å². The minimum atomic E-state index is -5.32. The highest BCUT2D eigenvalue weighted by atomic mass is 19.4. The second-order valence-corrected chi connectivity index (χ2v) is 5.40.